The molecule has 0 saturated heterocycles. The topological polar surface area (TPSA) is 91.3 Å². The normalized spacial score (nSPS) is 13.1. The van der Waals surface area contributed by atoms with Gasteiger partial charge in [0.25, 0.3) is 0 Å². The Morgan fingerprint density at radius 1 is 0.824 bits per heavy atom. The van der Waals surface area contributed by atoms with Crippen LogP contribution in [0.3, 0.4) is 0 Å². The van der Waals surface area contributed by atoms with Crippen LogP contribution in [-0.4, -0.2) is 37.8 Å². The Hall–Kier alpha value is -1.66. The number of carbonyl (C=O) groups excluding carboxylic acids is 1. The number of hydrogen-bond donors (Lipinski definition) is 1. The van der Waals surface area contributed by atoms with Crippen LogP contribution in [0.4, 0.5) is 0 Å². The van der Waals surface area contributed by atoms with Crippen molar-refractivity contribution in [3.8, 4) is 5.75 Å². The fourth-order valence-corrected chi connectivity index (χ4v) is 4.09. The SMILES string of the molecule is CCCCCCCCCCCCOP(=O)(O)OCCCCOC(=O)/C=C/c1ccc(OC)cc1. The lowest BCUT2D eigenvalue weighted by atomic mass is 10.1. The maximum Gasteiger partial charge on any atom is 0.472 e. The molecule has 7 nitrogen and oxygen atoms in total. The molecule has 194 valence electrons. The smallest absolute Gasteiger partial charge is 0.472 e. The number of phosphoric acid groups is 1. The van der Waals surface area contributed by atoms with Crippen LogP contribution in [0, 0.1) is 0 Å². The van der Waals surface area contributed by atoms with Crippen LogP contribution >= 0.6 is 7.82 Å². The van der Waals surface area contributed by atoms with Crippen LogP contribution in [0.2, 0.25) is 0 Å². The molecule has 0 spiro atoms. The molecule has 1 aromatic carbocycles. The van der Waals surface area contributed by atoms with E-state index in [9.17, 15) is 14.3 Å². The zero-order chi connectivity index (χ0) is 24.9. The molecule has 0 aliphatic rings. The van der Waals surface area contributed by atoms with Crippen LogP contribution in [0.25, 0.3) is 6.08 Å². The van der Waals surface area contributed by atoms with E-state index in [1.165, 1.54) is 51.0 Å². The second kappa shape index (κ2) is 19.6. The van der Waals surface area contributed by atoms with E-state index in [4.69, 9.17) is 18.5 Å². The van der Waals surface area contributed by atoms with Gasteiger partial charge in [0.2, 0.25) is 0 Å². The van der Waals surface area contributed by atoms with Crippen LogP contribution in [0.15, 0.2) is 30.3 Å². The maximum absolute atomic E-state index is 11.9. The Morgan fingerprint density at radius 3 is 1.88 bits per heavy atom. The third kappa shape index (κ3) is 16.9. The fourth-order valence-electron chi connectivity index (χ4n) is 3.29. The third-order valence-electron chi connectivity index (χ3n) is 5.32. The number of rotatable bonds is 21. The lowest BCUT2D eigenvalue weighted by molar-refractivity contribution is -0.137. The van der Waals surface area contributed by atoms with Gasteiger partial charge in [0.1, 0.15) is 5.75 Å². The highest BCUT2D eigenvalue weighted by Gasteiger charge is 2.20. The van der Waals surface area contributed by atoms with Crippen molar-refractivity contribution in [3.63, 3.8) is 0 Å². The Morgan fingerprint density at radius 2 is 1.32 bits per heavy atom. The first kappa shape index (κ1) is 30.4. The number of unbranched alkanes of at least 4 members (excludes halogenated alkanes) is 10. The summed E-state index contributed by atoms with van der Waals surface area (Å²) in [5, 5.41) is 0. The van der Waals surface area contributed by atoms with Gasteiger partial charge < -0.3 is 14.4 Å². The zero-order valence-electron chi connectivity index (χ0n) is 20.9. The summed E-state index contributed by atoms with van der Waals surface area (Å²) in [5.74, 6) is 0.308. The molecule has 1 unspecified atom stereocenters. The summed E-state index contributed by atoms with van der Waals surface area (Å²) >= 11 is 0. The first-order valence-corrected chi connectivity index (χ1v) is 14.1. The van der Waals surface area contributed by atoms with E-state index in [1.54, 1.807) is 13.2 Å². The summed E-state index contributed by atoms with van der Waals surface area (Å²) in [6, 6.07) is 7.30. The Labute approximate surface area is 205 Å². The Kier molecular flexibility index (Phi) is 17.5. The quantitative estimate of drug-likeness (QED) is 0.0837. The van der Waals surface area contributed by atoms with Crippen molar-refractivity contribution in [3.05, 3.63) is 35.9 Å². The van der Waals surface area contributed by atoms with Gasteiger partial charge in [-0.05, 0) is 43.0 Å². The van der Waals surface area contributed by atoms with Crippen molar-refractivity contribution in [2.75, 3.05) is 26.9 Å². The van der Waals surface area contributed by atoms with Crippen LogP contribution in [0.5, 0.6) is 5.75 Å². The van der Waals surface area contributed by atoms with Gasteiger partial charge in [-0.25, -0.2) is 9.36 Å². The number of esters is 1. The minimum absolute atomic E-state index is 0.0745. The van der Waals surface area contributed by atoms with Crippen molar-refractivity contribution in [1.82, 2.24) is 0 Å². The van der Waals surface area contributed by atoms with Crippen molar-refractivity contribution in [2.24, 2.45) is 0 Å². The monoisotopic (exact) mass is 498 g/mol. The molecule has 0 heterocycles. The predicted octanol–water partition coefficient (Wildman–Crippen LogP) is 7.09. The van der Waals surface area contributed by atoms with Crippen molar-refractivity contribution in [2.45, 2.75) is 84.0 Å². The summed E-state index contributed by atoms with van der Waals surface area (Å²) in [5.41, 5.74) is 0.864. The molecule has 1 N–H and O–H groups in total. The van der Waals surface area contributed by atoms with Gasteiger partial charge in [0.15, 0.2) is 0 Å². The highest BCUT2D eigenvalue weighted by atomic mass is 31.2. The Balaban J connectivity index is 1.98. The molecule has 0 amide bonds. The first-order valence-electron chi connectivity index (χ1n) is 12.6. The Bertz CT molecular complexity index is 718. The molecule has 0 aliphatic heterocycles. The summed E-state index contributed by atoms with van der Waals surface area (Å²) < 4.78 is 32.1. The molecule has 0 fully saturated rings. The largest absolute Gasteiger partial charge is 0.497 e. The molecular formula is C26H43O7P. The molecule has 1 atom stereocenters. The van der Waals surface area contributed by atoms with E-state index in [-0.39, 0.29) is 19.8 Å². The molecule has 0 radical (unpaired) electrons. The number of benzene rings is 1. The number of phosphoric ester groups is 1. The minimum Gasteiger partial charge on any atom is -0.497 e. The molecule has 34 heavy (non-hydrogen) atoms. The van der Waals surface area contributed by atoms with E-state index >= 15 is 0 Å². The van der Waals surface area contributed by atoms with Gasteiger partial charge in [-0.2, -0.15) is 0 Å². The molecule has 0 aromatic heterocycles. The van der Waals surface area contributed by atoms with Gasteiger partial charge >= 0.3 is 13.8 Å². The van der Waals surface area contributed by atoms with Crippen LogP contribution in [0.1, 0.15) is 89.5 Å². The second-order valence-electron chi connectivity index (χ2n) is 8.30. The average molecular weight is 499 g/mol. The molecule has 0 bridgehead atoms. The van der Waals surface area contributed by atoms with E-state index < -0.39 is 13.8 Å². The van der Waals surface area contributed by atoms with E-state index in [2.05, 4.69) is 6.92 Å². The van der Waals surface area contributed by atoms with Crippen LogP contribution < -0.4 is 4.74 Å². The zero-order valence-corrected chi connectivity index (χ0v) is 21.8. The standard InChI is InChI=1S/C26H43O7P/c1-3-4-5-6-7-8-9-10-11-12-22-32-34(28,29)33-23-14-13-21-31-26(27)20-17-24-15-18-25(30-2)19-16-24/h15-20H,3-14,21-23H2,1-2H3,(H,28,29)/b20-17+. The average Bonchev–Trinajstić information content (AvgIpc) is 2.83. The van der Waals surface area contributed by atoms with Gasteiger partial charge in [-0.15, -0.1) is 0 Å². The molecule has 0 saturated carbocycles. The fraction of sp³-hybridized carbons (Fsp3) is 0.654. The highest BCUT2D eigenvalue weighted by Crippen LogP contribution is 2.43. The van der Waals surface area contributed by atoms with Gasteiger partial charge in [0.05, 0.1) is 26.9 Å². The summed E-state index contributed by atoms with van der Waals surface area (Å²) in [7, 11) is -2.42. The van der Waals surface area contributed by atoms with Crippen molar-refractivity contribution in [1.29, 1.82) is 0 Å². The van der Waals surface area contributed by atoms with Gasteiger partial charge in [-0.3, -0.25) is 9.05 Å². The minimum atomic E-state index is -4.02. The van der Waals surface area contributed by atoms with Crippen molar-refractivity contribution < 1.29 is 32.8 Å². The first-order chi connectivity index (χ1) is 16.5. The van der Waals surface area contributed by atoms with E-state index in [0.717, 1.165) is 30.6 Å². The molecule has 8 heteroatoms. The van der Waals surface area contributed by atoms with Gasteiger partial charge in [-0.1, -0.05) is 76.8 Å². The van der Waals surface area contributed by atoms with E-state index in [1.807, 2.05) is 24.3 Å². The summed E-state index contributed by atoms with van der Waals surface area (Å²) in [6.45, 7) is 2.74. The van der Waals surface area contributed by atoms with Crippen molar-refractivity contribution >= 4 is 19.9 Å². The van der Waals surface area contributed by atoms with Gasteiger partial charge in [0, 0.05) is 6.08 Å². The number of ether oxygens (including phenoxy) is 2. The third-order valence-corrected chi connectivity index (χ3v) is 6.34. The lowest BCUT2D eigenvalue weighted by Crippen LogP contribution is -2.04. The predicted molar refractivity (Wildman–Crippen MR) is 136 cm³/mol. The number of carbonyl (C=O) groups is 1. The molecule has 1 aromatic rings. The van der Waals surface area contributed by atoms with Crippen LogP contribution in [-0.2, 0) is 23.1 Å². The summed E-state index contributed by atoms with van der Waals surface area (Å²) in [6.07, 6.45) is 16.0. The molecule has 0 aliphatic carbocycles. The molecule has 1 rings (SSSR count). The lowest BCUT2D eigenvalue weighted by Gasteiger charge is -2.12. The van der Waals surface area contributed by atoms with E-state index in [0.29, 0.717) is 12.8 Å². The maximum atomic E-state index is 11.9. The highest BCUT2D eigenvalue weighted by molar-refractivity contribution is 7.47. The number of hydrogen-bond acceptors (Lipinski definition) is 6. The molecular weight excluding hydrogens is 455 g/mol. The number of methoxy groups -OCH3 is 1. The summed E-state index contributed by atoms with van der Waals surface area (Å²) in [4.78, 5) is 21.5. The second-order valence-corrected chi connectivity index (χ2v) is 9.75.